The van der Waals surface area contributed by atoms with Crippen LogP contribution in [-0.4, -0.2) is 14.9 Å². The van der Waals surface area contributed by atoms with Crippen LogP contribution < -0.4 is 11.3 Å². The van der Waals surface area contributed by atoms with Gasteiger partial charge in [0.25, 0.3) is 11.2 Å². The molecule has 92 valence electrons. The number of hydrogen-bond donors (Lipinski definition) is 2. The molecule has 0 atom stereocenters. The largest absolute Gasteiger partial charge is 0.398 e. The minimum absolute atomic E-state index is 0.0774. The molecule has 0 aliphatic heterocycles. The summed E-state index contributed by atoms with van der Waals surface area (Å²) in [5.74, 6) is 0. The number of anilines is 1. The normalized spacial score (nSPS) is 10.2. The van der Waals surface area contributed by atoms with Crippen molar-refractivity contribution in [1.82, 2.24) is 9.97 Å². The molecule has 0 bridgehead atoms. The number of benzene rings is 1. The number of aromatic amines is 1. The van der Waals surface area contributed by atoms with Crippen molar-refractivity contribution in [3.8, 4) is 0 Å². The van der Waals surface area contributed by atoms with E-state index in [1.807, 2.05) is 0 Å². The summed E-state index contributed by atoms with van der Waals surface area (Å²) < 4.78 is 0. The lowest BCUT2D eigenvalue weighted by Gasteiger charge is -2.03. The summed E-state index contributed by atoms with van der Waals surface area (Å²) in [6.45, 7) is 0. The van der Waals surface area contributed by atoms with Crippen molar-refractivity contribution in [3.63, 3.8) is 0 Å². The molecule has 1 aromatic heterocycles. The third-order valence-corrected chi connectivity index (χ3v) is 3.05. The van der Waals surface area contributed by atoms with Crippen LogP contribution >= 0.6 is 11.8 Å². The molecule has 1 heterocycles. The molecule has 0 amide bonds. The Morgan fingerprint density at radius 1 is 1.39 bits per heavy atom. The number of non-ortho nitro benzene ring substituents is 1. The van der Waals surface area contributed by atoms with Gasteiger partial charge in [-0.1, -0.05) is 0 Å². The molecular formula is C10H8N4O3S. The maximum atomic E-state index is 11.1. The number of nitrogens with two attached hydrogens (primary N) is 1. The fourth-order valence-electron chi connectivity index (χ4n) is 1.25. The Kier molecular flexibility index (Phi) is 3.28. The van der Waals surface area contributed by atoms with Gasteiger partial charge in [0, 0.05) is 29.3 Å². The zero-order chi connectivity index (χ0) is 13.1. The summed E-state index contributed by atoms with van der Waals surface area (Å²) in [5, 5.41) is 10.9. The van der Waals surface area contributed by atoms with Crippen LogP contribution in [0.4, 0.5) is 11.4 Å². The van der Waals surface area contributed by atoms with Crippen LogP contribution in [0.2, 0.25) is 0 Å². The van der Waals surface area contributed by atoms with E-state index in [4.69, 9.17) is 5.73 Å². The summed E-state index contributed by atoms with van der Waals surface area (Å²) in [4.78, 5) is 28.2. The topological polar surface area (TPSA) is 115 Å². The highest BCUT2D eigenvalue weighted by atomic mass is 32.2. The van der Waals surface area contributed by atoms with Gasteiger partial charge in [-0.15, -0.1) is 0 Å². The number of hydrogen-bond acceptors (Lipinski definition) is 6. The molecular weight excluding hydrogens is 256 g/mol. The lowest BCUT2D eigenvalue weighted by molar-refractivity contribution is -0.384. The van der Waals surface area contributed by atoms with E-state index in [1.54, 1.807) is 0 Å². The van der Waals surface area contributed by atoms with E-state index < -0.39 is 4.92 Å². The number of nitro benzene ring substituents is 1. The first kappa shape index (κ1) is 12.1. The van der Waals surface area contributed by atoms with Gasteiger partial charge >= 0.3 is 0 Å². The zero-order valence-electron chi connectivity index (χ0n) is 8.99. The summed E-state index contributed by atoms with van der Waals surface area (Å²) in [5.41, 5.74) is 5.62. The predicted octanol–water partition coefficient (Wildman–Crippen LogP) is 1.41. The second-order valence-electron chi connectivity index (χ2n) is 3.32. The van der Waals surface area contributed by atoms with Crippen LogP contribution in [0.5, 0.6) is 0 Å². The molecule has 0 fully saturated rings. The Morgan fingerprint density at radius 2 is 2.17 bits per heavy atom. The fraction of sp³-hybridized carbons (Fsp3) is 0. The van der Waals surface area contributed by atoms with Gasteiger partial charge in [0.05, 0.1) is 10.6 Å². The van der Waals surface area contributed by atoms with Crippen molar-refractivity contribution in [2.75, 3.05) is 5.73 Å². The predicted molar refractivity (Wildman–Crippen MR) is 66.5 cm³/mol. The third kappa shape index (κ3) is 2.66. The van der Waals surface area contributed by atoms with Gasteiger partial charge < -0.3 is 10.7 Å². The second kappa shape index (κ2) is 4.88. The Morgan fingerprint density at radius 3 is 2.78 bits per heavy atom. The Bertz CT molecular complexity index is 656. The van der Waals surface area contributed by atoms with Crippen LogP contribution in [0.15, 0.2) is 45.3 Å². The SMILES string of the molecule is Nc1cc([N+](=O)[O-])ccc1Sc1nccc(=O)[nH]1. The first-order valence-corrected chi connectivity index (χ1v) is 5.65. The van der Waals surface area contributed by atoms with Crippen LogP contribution in [-0.2, 0) is 0 Å². The van der Waals surface area contributed by atoms with Crippen LogP contribution in [0.1, 0.15) is 0 Å². The van der Waals surface area contributed by atoms with E-state index in [-0.39, 0.29) is 16.9 Å². The van der Waals surface area contributed by atoms with Crippen molar-refractivity contribution in [3.05, 3.63) is 50.9 Å². The first-order valence-electron chi connectivity index (χ1n) is 4.83. The molecule has 1 aromatic carbocycles. The standard InChI is InChI=1S/C10H8N4O3S/c11-7-5-6(14(16)17)1-2-8(7)18-10-12-4-3-9(15)13-10/h1-5H,11H2,(H,12,13,15). The highest BCUT2D eigenvalue weighted by Crippen LogP contribution is 2.31. The van der Waals surface area contributed by atoms with E-state index in [9.17, 15) is 14.9 Å². The molecule has 7 nitrogen and oxygen atoms in total. The number of aromatic nitrogens is 2. The monoisotopic (exact) mass is 264 g/mol. The van der Waals surface area contributed by atoms with Crippen molar-refractivity contribution in [2.24, 2.45) is 0 Å². The zero-order valence-corrected chi connectivity index (χ0v) is 9.81. The minimum atomic E-state index is -0.520. The molecule has 2 aromatic rings. The maximum absolute atomic E-state index is 11.1. The van der Waals surface area contributed by atoms with Gasteiger partial charge in [-0.2, -0.15) is 0 Å². The van der Waals surface area contributed by atoms with Gasteiger partial charge in [0.15, 0.2) is 5.16 Å². The molecule has 0 unspecified atom stereocenters. The van der Waals surface area contributed by atoms with Crippen molar-refractivity contribution < 1.29 is 4.92 Å². The van der Waals surface area contributed by atoms with Crippen LogP contribution in [0.25, 0.3) is 0 Å². The minimum Gasteiger partial charge on any atom is -0.398 e. The maximum Gasteiger partial charge on any atom is 0.271 e. The summed E-state index contributed by atoms with van der Waals surface area (Å²) >= 11 is 1.13. The van der Waals surface area contributed by atoms with Gasteiger partial charge in [-0.25, -0.2) is 4.98 Å². The average molecular weight is 264 g/mol. The number of H-pyrrole nitrogens is 1. The molecule has 3 N–H and O–H groups in total. The molecule has 0 saturated carbocycles. The van der Waals surface area contributed by atoms with E-state index in [0.29, 0.717) is 10.1 Å². The van der Waals surface area contributed by atoms with Crippen molar-refractivity contribution in [2.45, 2.75) is 10.1 Å². The van der Waals surface area contributed by atoms with Crippen LogP contribution in [0.3, 0.4) is 0 Å². The summed E-state index contributed by atoms with van der Waals surface area (Å²) in [6.07, 6.45) is 1.38. The first-order chi connectivity index (χ1) is 8.56. The molecule has 18 heavy (non-hydrogen) atoms. The average Bonchev–Trinajstić information content (AvgIpc) is 2.31. The number of nitrogens with one attached hydrogen (secondary N) is 1. The quantitative estimate of drug-likeness (QED) is 0.375. The summed E-state index contributed by atoms with van der Waals surface area (Å²) in [7, 11) is 0. The van der Waals surface area contributed by atoms with Crippen molar-refractivity contribution >= 4 is 23.1 Å². The molecule has 0 aliphatic carbocycles. The number of nitrogen functional groups attached to an aromatic ring is 1. The molecule has 0 radical (unpaired) electrons. The lowest BCUT2D eigenvalue weighted by Crippen LogP contribution is -2.05. The van der Waals surface area contributed by atoms with Gasteiger partial charge in [0.1, 0.15) is 0 Å². The highest BCUT2D eigenvalue weighted by molar-refractivity contribution is 7.99. The third-order valence-electron chi connectivity index (χ3n) is 2.06. The molecule has 8 heteroatoms. The number of nitrogens with zero attached hydrogens (tertiary/aromatic N) is 2. The van der Waals surface area contributed by atoms with Gasteiger partial charge in [0.2, 0.25) is 0 Å². The lowest BCUT2D eigenvalue weighted by atomic mass is 10.3. The number of rotatable bonds is 3. The van der Waals surface area contributed by atoms with Gasteiger partial charge in [-0.05, 0) is 17.8 Å². The molecule has 0 saturated heterocycles. The second-order valence-corrected chi connectivity index (χ2v) is 4.35. The Labute approximate surface area is 105 Å². The highest BCUT2D eigenvalue weighted by Gasteiger charge is 2.10. The van der Waals surface area contributed by atoms with Crippen molar-refractivity contribution in [1.29, 1.82) is 0 Å². The summed E-state index contributed by atoms with van der Waals surface area (Å²) in [6, 6.07) is 5.43. The van der Waals surface area contributed by atoms with E-state index in [1.165, 1.54) is 30.5 Å². The Balaban J connectivity index is 2.30. The number of nitro groups is 1. The van der Waals surface area contributed by atoms with Gasteiger partial charge in [-0.3, -0.25) is 14.9 Å². The van der Waals surface area contributed by atoms with E-state index in [0.717, 1.165) is 11.8 Å². The van der Waals surface area contributed by atoms with Crippen LogP contribution in [0, 0.1) is 10.1 Å². The molecule has 0 aliphatic rings. The van der Waals surface area contributed by atoms with E-state index in [2.05, 4.69) is 9.97 Å². The smallest absolute Gasteiger partial charge is 0.271 e. The fourth-order valence-corrected chi connectivity index (χ4v) is 2.04. The molecule has 0 spiro atoms. The van der Waals surface area contributed by atoms with E-state index >= 15 is 0 Å². The molecule has 2 rings (SSSR count). The Hall–Kier alpha value is -2.35.